The highest BCUT2D eigenvalue weighted by atomic mass is 35.5. The fourth-order valence-electron chi connectivity index (χ4n) is 4.87. The molecular weight excluding hydrogens is 649 g/mol. The molecule has 1 saturated carbocycles. The van der Waals surface area contributed by atoms with Crippen molar-refractivity contribution in [1.82, 2.24) is 15.5 Å². The molecule has 0 unspecified atom stereocenters. The van der Waals surface area contributed by atoms with Gasteiger partial charge in [-0.15, -0.1) is 0 Å². The lowest BCUT2D eigenvalue weighted by molar-refractivity contribution is 0.0955. The smallest absolute Gasteiger partial charge is 0.266 e. The number of carbonyl (C=O) groups is 1. The third-order valence-corrected chi connectivity index (χ3v) is 9.14. The average Bonchev–Trinajstić information content (AvgIpc) is 3.72. The van der Waals surface area contributed by atoms with Crippen LogP contribution in [0.15, 0.2) is 59.4 Å². The molecule has 0 radical (unpaired) electrons. The first-order valence-corrected chi connectivity index (χ1v) is 16.6. The number of carbonyl (C=O) groups excluding carboxylic acids is 1. The summed E-state index contributed by atoms with van der Waals surface area (Å²) in [6, 6.07) is 12.5. The molecule has 4 aromatic rings. The normalized spacial score (nSPS) is 13.6. The monoisotopic (exact) mass is 677 g/mol. The van der Waals surface area contributed by atoms with Crippen LogP contribution >= 0.6 is 34.8 Å². The molecule has 0 bridgehead atoms. The second kappa shape index (κ2) is 13.1. The Kier molecular flexibility index (Phi) is 9.58. The van der Waals surface area contributed by atoms with Gasteiger partial charge in [0.25, 0.3) is 16.0 Å². The van der Waals surface area contributed by atoms with Crippen LogP contribution in [-0.4, -0.2) is 41.3 Å². The van der Waals surface area contributed by atoms with Gasteiger partial charge in [-0.05, 0) is 66.1 Å². The number of halogens is 3. The van der Waals surface area contributed by atoms with Gasteiger partial charge in [0.2, 0.25) is 0 Å². The van der Waals surface area contributed by atoms with Crippen molar-refractivity contribution in [3.63, 3.8) is 0 Å². The summed E-state index contributed by atoms with van der Waals surface area (Å²) in [7, 11) is -4.18. The standard InChI is InChI=1S/C31H30Cl3N3O6S/c1-31(2,21-12-20(15-35-16-21)30(38)36-10-11-44(39,40)41)14-19-8-9-22(13-26(19)34)42-17-23-28(37-43-29(23)18-6-7-18)27-24(32)4-3-5-25(27)33/h3-5,8-9,12-13,15-16,18H,6-7,10-11,14,17H2,1-2H3,(H,36,38)(H,39,40,41). The Balaban J connectivity index is 1.29. The largest absolute Gasteiger partial charge is 0.489 e. The van der Waals surface area contributed by atoms with E-state index in [0.29, 0.717) is 44.4 Å². The van der Waals surface area contributed by atoms with Crippen molar-refractivity contribution >= 4 is 50.8 Å². The van der Waals surface area contributed by atoms with Crippen molar-refractivity contribution in [3.05, 3.63) is 97.9 Å². The van der Waals surface area contributed by atoms with Crippen LogP contribution in [0.3, 0.4) is 0 Å². The van der Waals surface area contributed by atoms with Crippen LogP contribution in [0.25, 0.3) is 11.3 Å². The number of ether oxygens (including phenoxy) is 1. The van der Waals surface area contributed by atoms with Crippen LogP contribution in [0, 0.1) is 0 Å². The molecule has 2 N–H and O–H groups in total. The van der Waals surface area contributed by atoms with Gasteiger partial charge in [0.15, 0.2) is 0 Å². The Labute approximate surface area is 270 Å². The van der Waals surface area contributed by atoms with E-state index in [-0.39, 0.29) is 18.7 Å². The molecule has 2 aromatic heterocycles. The first kappa shape index (κ1) is 32.2. The van der Waals surface area contributed by atoms with Gasteiger partial charge in [-0.1, -0.05) is 65.9 Å². The number of benzene rings is 2. The van der Waals surface area contributed by atoms with Crippen molar-refractivity contribution in [2.45, 2.75) is 51.0 Å². The molecule has 2 heterocycles. The van der Waals surface area contributed by atoms with E-state index in [0.717, 1.165) is 35.3 Å². The summed E-state index contributed by atoms with van der Waals surface area (Å²) in [6.07, 6.45) is 5.65. The molecule has 13 heteroatoms. The van der Waals surface area contributed by atoms with E-state index in [1.807, 2.05) is 26.0 Å². The summed E-state index contributed by atoms with van der Waals surface area (Å²) in [5.74, 6) is 0.577. The summed E-state index contributed by atoms with van der Waals surface area (Å²) >= 11 is 19.7. The zero-order valence-electron chi connectivity index (χ0n) is 23.9. The third-order valence-electron chi connectivity index (χ3n) is 7.43. The number of rotatable bonds is 12. The minimum Gasteiger partial charge on any atom is -0.489 e. The molecule has 1 aliphatic rings. The molecule has 0 aliphatic heterocycles. The van der Waals surface area contributed by atoms with Gasteiger partial charge in [-0.25, -0.2) is 0 Å². The van der Waals surface area contributed by atoms with Gasteiger partial charge in [0, 0.05) is 35.4 Å². The van der Waals surface area contributed by atoms with Gasteiger partial charge >= 0.3 is 0 Å². The SMILES string of the molecule is CC(C)(Cc1ccc(OCc2c(-c3c(Cl)cccc3Cl)noc2C2CC2)cc1Cl)c1cncc(C(=O)NCCS(=O)(=O)O)c1. The highest BCUT2D eigenvalue weighted by molar-refractivity contribution is 7.85. The molecule has 5 rings (SSSR count). The van der Waals surface area contributed by atoms with E-state index in [9.17, 15) is 13.2 Å². The Morgan fingerprint density at radius 2 is 1.82 bits per heavy atom. The van der Waals surface area contributed by atoms with Gasteiger partial charge < -0.3 is 14.6 Å². The van der Waals surface area contributed by atoms with Crippen molar-refractivity contribution in [1.29, 1.82) is 0 Å². The molecule has 1 amide bonds. The van der Waals surface area contributed by atoms with Gasteiger partial charge in [-0.3, -0.25) is 14.3 Å². The number of nitrogens with one attached hydrogen (secondary N) is 1. The number of hydrogen-bond donors (Lipinski definition) is 2. The fourth-order valence-corrected chi connectivity index (χ4v) is 6.05. The molecule has 44 heavy (non-hydrogen) atoms. The summed E-state index contributed by atoms with van der Waals surface area (Å²) < 4.78 is 42.7. The first-order valence-electron chi connectivity index (χ1n) is 13.9. The molecule has 232 valence electrons. The van der Waals surface area contributed by atoms with Gasteiger partial charge in [-0.2, -0.15) is 8.42 Å². The number of pyridine rings is 1. The third kappa shape index (κ3) is 7.73. The number of aromatic nitrogens is 2. The van der Waals surface area contributed by atoms with E-state index < -0.39 is 27.2 Å². The van der Waals surface area contributed by atoms with E-state index in [1.165, 1.54) is 6.20 Å². The molecular formula is C31H30Cl3N3O6S. The van der Waals surface area contributed by atoms with Crippen LogP contribution in [-0.2, 0) is 28.6 Å². The summed E-state index contributed by atoms with van der Waals surface area (Å²) in [4.78, 5) is 16.7. The maximum absolute atomic E-state index is 12.5. The zero-order chi connectivity index (χ0) is 31.6. The highest BCUT2D eigenvalue weighted by Crippen LogP contribution is 2.46. The minimum absolute atomic E-state index is 0.193. The summed E-state index contributed by atoms with van der Waals surface area (Å²) in [5, 5.41) is 8.25. The number of amides is 1. The predicted molar refractivity (Wildman–Crippen MR) is 169 cm³/mol. The molecule has 0 spiro atoms. The lowest BCUT2D eigenvalue weighted by Crippen LogP contribution is -2.29. The Morgan fingerprint density at radius 3 is 2.48 bits per heavy atom. The Morgan fingerprint density at radius 1 is 1.09 bits per heavy atom. The second-order valence-electron chi connectivity index (χ2n) is 11.4. The van der Waals surface area contributed by atoms with Crippen molar-refractivity contribution < 1.29 is 27.0 Å². The molecule has 1 fully saturated rings. The summed E-state index contributed by atoms with van der Waals surface area (Å²) in [6.45, 7) is 4.00. The fraction of sp³-hybridized carbons (Fsp3) is 0.323. The summed E-state index contributed by atoms with van der Waals surface area (Å²) in [5.41, 5.74) is 3.45. The first-order chi connectivity index (χ1) is 20.8. The predicted octanol–water partition coefficient (Wildman–Crippen LogP) is 7.29. The quantitative estimate of drug-likeness (QED) is 0.149. The topological polar surface area (TPSA) is 132 Å². The lowest BCUT2D eigenvalue weighted by Gasteiger charge is -2.26. The molecule has 9 nitrogen and oxygen atoms in total. The van der Waals surface area contributed by atoms with Crippen LogP contribution in [0.4, 0.5) is 0 Å². The average molecular weight is 679 g/mol. The Bertz CT molecular complexity index is 1780. The zero-order valence-corrected chi connectivity index (χ0v) is 27.0. The molecule has 2 aromatic carbocycles. The number of nitrogens with zero attached hydrogens (tertiary/aromatic N) is 2. The van der Waals surface area contributed by atoms with E-state index in [4.69, 9.17) is 48.6 Å². The van der Waals surface area contributed by atoms with Crippen LogP contribution in [0.5, 0.6) is 5.75 Å². The number of hydrogen-bond acceptors (Lipinski definition) is 7. The van der Waals surface area contributed by atoms with Crippen LogP contribution in [0.1, 0.15) is 65.4 Å². The maximum Gasteiger partial charge on any atom is 0.266 e. The van der Waals surface area contributed by atoms with Gasteiger partial charge in [0.05, 0.1) is 26.9 Å². The second-order valence-corrected chi connectivity index (χ2v) is 14.1. The molecule has 1 aliphatic carbocycles. The van der Waals surface area contributed by atoms with Crippen LogP contribution < -0.4 is 10.1 Å². The van der Waals surface area contributed by atoms with E-state index in [2.05, 4.69) is 15.5 Å². The van der Waals surface area contributed by atoms with Crippen molar-refractivity contribution in [3.8, 4) is 17.0 Å². The maximum atomic E-state index is 12.5. The van der Waals surface area contributed by atoms with E-state index >= 15 is 0 Å². The Hall–Kier alpha value is -3.15. The molecule has 0 atom stereocenters. The van der Waals surface area contributed by atoms with E-state index in [1.54, 1.807) is 36.5 Å². The van der Waals surface area contributed by atoms with Crippen LogP contribution in [0.2, 0.25) is 15.1 Å². The minimum atomic E-state index is -4.18. The van der Waals surface area contributed by atoms with Gasteiger partial charge in [0.1, 0.15) is 23.8 Å². The molecule has 0 saturated heterocycles. The van der Waals surface area contributed by atoms with Crippen molar-refractivity contribution in [2.75, 3.05) is 12.3 Å². The lowest BCUT2D eigenvalue weighted by atomic mass is 9.79. The van der Waals surface area contributed by atoms with Crippen molar-refractivity contribution in [2.24, 2.45) is 0 Å². The highest BCUT2D eigenvalue weighted by Gasteiger charge is 2.34.